The number of thioether (sulfide) groups is 1. The lowest BCUT2D eigenvalue weighted by Crippen LogP contribution is -2.05. The summed E-state index contributed by atoms with van der Waals surface area (Å²) >= 11 is 1.36. The molecule has 0 aliphatic heterocycles. The zero-order valence-corrected chi connectivity index (χ0v) is 19.9. The molecule has 0 amide bonds. The second-order valence-electron chi connectivity index (χ2n) is 7.57. The Kier molecular flexibility index (Phi) is 5.83. The number of furan rings is 1. The van der Waals surface area contributed by atoms with E-state index in [1.807, 2.05) is 42.0 Å². The number of nitro groups is 1. The molecule has 5 aromatic rings. The predicted octanol–water partition coefficient (Wildman–Crippen LogP) is 5.74. The minimum atomic E-state index is -0.463. The Morgan fingerprint density at radius 2 is 2.06 bits per heavy atom. The number of anilines is 2. The highest BCUT2D eigenvalue weighted by molar-refractivity contribution is 7.98. The molecule has 176 valence electrons. The number of aromatic nitrogens is 4. The molecular weight excluding hydrogens is 468 g/mol. The molecule has 0 atom stereocenters. The van der Waals surface area contributed by atoms with Crippen LogP contribution in [0.25, 0.3) is 28.2 Å². The number of aryl methyl sites for hydroxylation is 1. The predicted molar refractivity (Wildman–Crippen MR) is 133 cm³/mol. The third kappa shape index (κ3) is 4.17. The molecule has 35 heavy (non-hydrogen) atoms. The molecule has 0 spiro atoms. The van der Waals surface area contributed by atoms with Crippen LogP contribution in [0.2, 0.25) is 0 Å². The number of nitrogens with zero attached hydrogens (tertiary/aromatic N) is 5. The summed E-state index contributed by atoms with van der Waals surface area (Å²) in [6, 6.07) is 12.0. The molecule has 4 heterocycles. The monoisotopic (exact) mass is 488 g/mol. The molecule has 0 unspecified atom stereocenters. The smallest absolute Gasteiger partial charge is 0.296 e. The summed E-state index contributed by atoms with van der Waals surface area (Å²) < 4.78 is 12.8. The number of hydrogen-bond donors (Lipinski definition) is 1. The molecule has 0 aliphatic rings. The van der Waals surface area contributed by atoms with Crippen molar-refractivity contribution in [2.75, 3.05) is 18.7 Å². The van der Waals surface area contributed by atoms with E-state index in [0.29, 0.717) is 33.7 Å². The van der Waals surface area contributed by atoms with Crippen LogP contribution >= 0.6 is 11.8 Å². The number of nitro benzene ring substituents is 1. The summed E-state index contributed by atoms with van der Waals surface area (Å²) in [6.45, 7) is 1.96. The Balaban J connectivity index is 1.76. The van der Waals surface area contributed by atoms with E-state index in [2.05, 4.69) is 15.3 Å². The summed E-state index contributed by atoms with van der Waals surface area (Å²) in [5.74, 6) is 1.33. The summed E-state index contributed by atoms with van der Waals surface area (Å²) in [5.41, 5.74) is 3.88. The highest BCUT2D eigenvalue weighted by Gasteiger charge is 2.23. The lowest BCUT2D eigenvalue weighted by atomic mass is 10.0. The lowest BCUT2D eigenvalue weighted by molar-refractivity contribution is -0.384. The summed E-state index contributed by atoms with van der Waals surface area (Å²) in [5, 5.41) is 15.5. The Morgan fingerprint density at radius 3 is 2.77 bits per heavy atom. The first-order valence-electron chi connectivity index (χ1n) is 10.5. The van der Waals surface area contributed by atoms with Crippen LogP contribution in [-0.4, -0.2) is 37.6 Å². The first-order valence-corrected chi connectivity index (χ1v) is 11.7. The van der Waals surface area contributed by atoms with Crippen molar-refractivity contribution in [3.05, 3.63) is 76.9 Å². The summed E-state index contributed by atoms with van der Waals surface area (Å²) in [6.07, 6.45) is 7.17. The van der Waals surface area contributed by atoms with Gasteiger partial charge in [0, 0.05) is 23.7 Å². The average Bonchev–Trinajstić information content (AvgIpc) is 3.54. The molecule has 11 heteroatoms. The van der Waals surface area contributed by atoms with Gasteiger partial charge in [0.2, 0.25) is 0 Å². The molecular formula is C24H20N6O4S. The van der Waals surface area contributed by atoms with Gasteiger partial charge in [0.15, 0.2) is 10.9 Å². The molecule has 0 saturated heterocycles. The Hall–Kier alpha value is -4.38. The zero-order chi connectivity index (χ0) is 24.5. The normalized spacial score (nSPS) is 11.1. The molecule has 0 fully saturated rings. The van der Waals surface area contributed by atoms with E-state index < -0.39 is 4.92 Å². The van der Waals surface area contributed by atoms with Crippen LogP contribution in [0.1, 0.15) is 5.69 Å². The number of nitrogens with one attached hydrogen (secondary N) is 1. The summed E-state index contributed by atoms with van der Waals surface area (Å²) in [7, 11) is 1.46. The molecule has 1 aromatic carbocycles. The quantitative estimate of drug-likeness (QED) is 0.132. The number of ether oxygens (including phenoxy) is 1. The van der Waals surface area contributed by atoms with Crippen molar-refractivity contribution < 1.29 is 14.1 Å². The molecule has 0 radical (unpaired) electrons. The van der Waals surface area contributed by atoms with Crippen molar-refractivity contribution in [1.29, 1.82) is 0 Å². The van der Waals surface area contributed by atoms with Crippen LogP contribution in [-0.2, 0) is 0 Å². The van der Waals surface area contributed by atoms with Crippen LogP contribution in [0.4, 0.5) is 17.2 Å². The van der Waals surface area contributed by atoms with Crippen molar-refractivity contribution in [2.45, 2.75) is 12.1 Å². The van der Waals surface area contributed by atoms with Crippen molar-refractivity contribution in [2.24, 2.45) is 0 Å². The number of rotatable bonds is 7. The highest BCUT2D eigenvalue weighted by atomic mass is 32.2. The Morgan fingerprint density at radius 1 is 1.20 bits per heavy atom. The van der Waals surface area contributed by atoms with Gasteiger partial charge >= 0.3 is 0 Å². The van der Waals surface area contributed by atoms with Crippen LogP contribution in [0.15, 0.2) is 70.7 Å². The fraction of sp³-hybridized carbons (Fsp3) is 0.125. The number of pyridine rings is 1. The maximum absolute atomic E-state index is 11.8. The van der Waals surface area contributed by atoms with Gasteiger partial charge in [-0.25, -0.2) is 15.0 Å². The van der Waals surface area contributed by atoms with Crippen LogP contribution in [0, 0.1) is 17.0 Å². The largest absolute Gasteiger partial charge is 0.496 e. The number of methoxy groups -OCH3 is 1. The van der Waals surface area contributed by atoms with E-state index in [4.69, 9.17) is 14.1 Å². The van der Waals surface area contributed by atoms with Gasteiger partial charge in [0.25, 0.3) is 5.69 Å². The van der Waals surface area contributed by atoms with Gasteiger partial charge < -0.3 is 18.9 Å². The van der Waals surface area contributed by atoms with Crippen LogP contribution in [0.3, 0.4) is 0 Å². The zero-order valence-electron chi connectivity index (χ0n) is 19.1. The fourth-order valence-electron chi connectivity index (χ4n) is 3.76. The molecule has 0 saturated carbocycles. The van der Waals surface area contributed by atoms with Gasteiger partial charge in [-0.05, 0) is 49.6 Å². The third-order valence-electron chi connectivity index (χ3n) is 5.46. The van der Waals surface area contributed by atoms with Gasteiger partial charge in [0.1, 0.15) is 28.6 Å². The number of fused-ring (bicyclic) bond motifs is 1. The van der Waals surface area contributed by atoms with E-state index in [1.165, 1.54) is 24.9 Å². The van der Waals surface area contributed by atoms with E-state index in [0.717, 1.165) is 16.9 Å². The van der Waals surface area contributed by atoms with E-state index >= 15 is 0 Å². The van der Waals surface area contributed by atoms with Gasteiger partial charge in [-0.15, -0.1) is 0 Å². The first kappa shape index (κ1) is 22.4. The minimum absolute atomic E-state index is 0.139. The maximum atomic E-state index is 11.8. The second-order valence-corrected chi connectivity index (χ2v) is 8.34. The SMILES string of the molecule is COc1ccc(Nc2nc(SC)nc(-c3ccco3)c2-c2ccc3ncc(C)n3c2)c([N+](=O)[O-])c1. The molecule has 1 N–H and O–H groups in total. The Bertz CT molecular complexity index is 1550. The van der Waals surface area contributed by atoms with E-state index in [-0.39, 0.29) is 11.4 Å². The van der Waals surface area contributed by atoms with Crippen LogP contribution < -0.4 is 10.1 Å². The first-order chi connectivity index (χ1) is 17.0. The van der Waals surface area contributed by atoms with E-state index in [1.54, 1.807) is 30.7 Å². The lowest BCUT2D eigenvalue weighted by Gasteiger charge is -2.16. The molecule has 0 bridgehead atoms. The number of hydrogen-bond acceptors (Lipinski definition) is 9. The van der Waals surface area contributed by atoms with Gasteiger partial charge in [-0.1, -0.05) is 11.8 Å². The third-order valence-corrected chi connectivity index (χ3v) is 6.01. The van der Waals surface area contributed by atoms with Gasteiger partial charge in [-0.2, -0.15) is 0 Å². The van der Waals surface area contributed by atoms with Gasteiger partial charge in [-0.3, -0.25) is 10.1 Å². The minimum Gasteiger partial charge on any atom is -0.496 e. The molecule has 5 rings (SSSR count). The van der Waals surface area contributed by atoms with Crippen LogP contribution in [0.5, 0.6) is 5.75 Å². The molecule has 10 nitrogen and oxygen atoms in total. The van der Waals surface area contributed by atoms with Crippen molar-refractivity contribution in [3.63, 3.8) is 0 Å². The average molecular weight is 489 g/mol. The maximum Gasteiger partial charge on any atom is 0.296 e. The highest BCUT2D eigenvalue weighted by Crippen LogP contribution is 2.40. The summed E-state index contributed by atoms with van der Waals surface area (Å²) in [4.78, 5) is 25.2. The van der Waals surface area contributed by atoms with E-state index in [9.17, 15) is 10.1 Å². The number of benzene rings is 1. The van der Waals surface area contributed by atoms with Gasteiger partial charge in [0.05, 0.1) is 29.9 Å². The topological polar surface area (TPSA) is 121 Å². The fourth-order valence-corrected chi connectivity index (χ4v) is 4.13. The molecule has 0 aliphatic carbocycles. The number of imidazole rings is 1. The van der Waals surface area contributed by atoms with Crippen molar-refractivity contribution in [3.8, 4) is 28.3 Å². The standard InChI is InChI=1S/C24H20N6O4S/c1-14-12-25-20-9-6-15(13-29(14)20)21-22(19-5-4-10-34-19)27-24(35-3)28-23(21)26-17-8-7-16(33-2)11-18(17)30(31)32/h4-13H,1-3H3,(H,26,27,28). The second kappa shape index (κ2) is 9.11. The Labute approximate surface area is 204 Å². The van der Waals surface area contributed by atoms with Crippen molar-refractivity contribution in [1.82, 2.24) is 19.4 Å². The molecule has 4 aromatic heterocycles. The van der Waals surface area contributed by atoms with Crippen molar-refractivity contribution >= 4 is 34.6 Å².